The molecule has 1 saturated heterocycles. The molecule has 0 aliphatic carbocycles. The van der Waals surface area contributed by atoms with Gasteiger partial charge < -0.3 is 19.9 Å². The fourth-order valence-corrected chi connectivity index (χ4v) is 2.85. The molecular formula is C17H22ClN5O5. The van der Waals surface area contributed by atoms with E-state index in [0.29, 0.717) is 0 Å². The summed E-state index contributed by atoms with van der Waals surface area (Å²) in [6, 6.07) is 0.924. The van der Waals surface area contributed by atoms with Crippen LogP contribution in [0.2, 0.25) is 5.15 Å². The third-order valence-corrected chi connectivity index (χ3v) is 4.24. The molecule has 2 aromatic heterocycles. The Kier molecular flexibility index (Phi) is 5.46. The van der Waals surface area contributed by atoms with E-state index in [1.165, 1.54) is 28.7 Å². The molecule has 1 fully saturated rings. The van der Waals surface area contributed by atoms with E-state index in [-0.39, 0.29) is 35.4 Å². The maximum atomic E-state index is 12.6. The molecule has 1 aliphatic heterocycles. The molecule has 0 bridgehead atoms. The van der Waals surface area contributed by atoms with Gasteiger partial charge in [0.25, 0.3) is 5.91 Å². The summed E-state index contributed by atoms with van der Waals surface area (Å²) in [5.74, 6) is -0.197. The molecule has 2 atom stereocenters. The molecule has 11 heteroatoms. The zero-order valence-corrected chi connectivity index (χ0v) is 16.7. The smallest absolute Gasteiger partial charge is 0.415 e. The number of nitrogens with zero attached hydrogens (tertiary/aromatic N) is 4. The van der Waals surface area contributed by atoms with E-state index in [9.17, 15) is 14.7 Å². The fourth-order valence-electron chi connectivity index (χ4n) is 2.67. The Morgan fingerprint density at radius 1 is 1.43 bits per heavy atom. The van der Waals surface area contributed by atoms with Crippen LogP contribution < -0.4 is 10.2 Å². The standard InChI is InChI=1S/C17H22ClN5O5/c1-17(2,3)28-16(26)22(4)13-5-12(18)21-14-9(6-19-23(13)14)15(25)20-10-7-27-8-11(10)24/h5-6,10-11,24H,7-8H2,1-4H3,(H,20,25)/t10-,11+/m0/s1. The molecule has 0 spiro atoms. The molecule has 2 aromatic rings. The number of aliphatic hydroxyl groups excluding tert-OH is 1. The molecule has 0 saturated carbocycles. The number of amides is 2. The largest absolute Gasteiger partial charge is 0.443 e. The monoisotopic (exact) mass is 411 g/mol. The molecule has 2 amide bonds. The molecule has 3 heterocycles. The number of hydrogen-bond donors (Lipinski definition) is 2. The minimum absolute atomic E-state index is 0.0803. The highest BCUT2D eigenvalue weighted by atomic mass is 35.5. The van der Waals surface area contributed by atoms with Crippen molar-refractivity contribution in [2.45, 2.75) is 38.5 Å². The van der Waals surface area contributed by atoms with Crippen LogP contribution in [0.25, 0.3) is 5.65 Å². The minimum atomic E-state index is -0.781. The van der Waals surface area contributed by atoms with Gasteiger partial charge in [0.15, 0.2) is 5.65 Å². The molecular weight excluding hydrogens is 390 g/mol. The van der Waals surface area contributed by atoms with E-state index >= 15 is 0 Å². The number of fused-ring (bicyclic) bond motifs is 1. The summed E-state index contributed by atoms with van der Waals surface area (Å²) in [6.45, 7) is 5.64. The van der Waals surface area contributed by atoms with Crippen molar-refractivity contribution in [3.63, 3.8) is 0 Å². The number of aromatic nitrogens is 3. The summed E-state index contributed by atoms with van der Waals surface area (Å²) in [5.41, 5.74) is -0.357. The third kappa shape index (κ3) is 4.18. The van der Waals surface area contributed by atoms with Crippen molar-refractivity contribution in [2.75, 3.05) is 25.2 Å². The Bertz CT molecular complexity index is 909. The molecule has 2 N–H and O–H groups in total. The van der Waals surface area contributed by atoms with Crippen molar-refractivity contribution in [1.29, 1.82) is 0 Å². The second-order valence-electron chi connectivity index (χ2n) is 7.45. The summed E-state index contributed by atoms with van der Waals surface area (Å²) < 4.78 is 11.8. The molecule has 28 heavy (non-hydrogen) atoms. The second kappa shape index (κ2) is 7.53. The maximum absolute atomic E-state index is 12.6. The van der Waals surface area contributed by atoms with Gasteiger partial charge in [0.1, 0.15) is 22.1 Å². The first-order valence-electron chi connectivity index (χ1n) is 8.64. The number of halogens is 1. The lowest BCUT2D eigenvalue weighted by Gasteiger charge is -2.24. The molecule has 152 valence electrons. The number of anilines is 1. The fraction of sp³-hybridized carbons (Fsp3) is 0.529. The number of aliphatic hydroxyl groups is 1. The van der Waals surface area contributed by atoms with Crippen LogP contribution in [0.3, 0.4) is 0 Å². The van der Waals surface area contributed by atoms with Crippen LogP contribution in [0.5, 0.6) is 0 Å². The van der Waals surface area contributed by atoms with E-state index in [0.717, 1.165) is 0 Å². The lowest BCUT2D eigenvalue weighted by atomic mass is 10.2. The molecule has 1 aliphatic rings. The van der Waals surface area contributed by atoms with Gasteiger partial charge in [-0.05, 0) is 20.8 Å². The van der Waals surface area contributed by atoms with Crippen LogP contribution in [-0.4, -0.2) is 69.7 Å². The van der Waals surface area contributed by atoms with Gasteiger partial charge in [-0.2, -0.15) is 9.61 Å². The summed E-state index contributed by atoms with van der Waals surface area (Å²) in [5, 5.41) is 16.7. The molecule has 0 unspecified atom stereocenters. The Hall–Kier alpha value is -2.43. The number of carbonyl (C=O) groups excluding carboxylic acids is 2. The second-order valence-corrected chi connectivity index (χ2v) is 7.84. The highest BCUT2D eigenvalue weighted by Gasteiger charge is 2.30. The number of hydrogen-bond acceptors (Lipinski definition) is 7. The number of carbonyl (C=O) groups is 2. The highest BCUT2D eigenvalue weighted by Crippen LogP contribution is 2.23. The van der Waals surface area contributed by atoms with Gasteiger partial charge in [-0.3, -0.25) is 9.69 Å². The maximum Gasteiger partial charge on any atom is 0.415 e. The Labute approximate surface area is 166 Å². The van der Waals surface area contributed by atoms with Crippen molar-refractivity contribution >= 4 is 35.1 Å². The normalized spacial score (nSPS) is 19.6. The first-order chi connectivity index (χ1) is 13.1. The van der Waals surface area contributed by atoms with Crippen molar-refractivity contribution in [2.24, 2.45) is 0 Å². The van der Waals surface area contributed by atoms with Crippen LogP contribution in [0, 0.1) is 0 Å². The highest BCUT2D eigenvalue weighted by molar-refractivity contribution is 6.30. The van der Waals surface area contributed by atoms with Crippen LogP contribution in [-0.2, 0) is 9.47 Å². The predicted octanol–water partition coefficient (Wildman–Crippen LogP) is 1.24. The lowest BCUT2D eigenvalue weighted by Crippen LogP contribution is -2.42. The third-order valence-electron chi connectivity index (χ3n) is 4.04. The minimum Gasteiger partial charge on any atom is -0.443 e. The van der Waals surface area contributed by atoms with Crippen molar-refractivity contribution < 1.29 is 24.2 Å². The average molecular weight is 412 g/mol. The van der Waals surface area contributed by atoms with E-state index in [1.54, 1.807) is 20.8 Å². The Balaban J connectivity index is 1.92. The van der Waals surface area contributed by atoms with Crippen LogP contribution in [0.15, 0.2) is 12.3 Å². The average Bonchev–Trinajstić information content (AvgIpc) is 3.18. The predicted molar refractivity (Wildman–Crippen MR) is 101 cm³/mol. The number of ether oxygens (including phenoxy) is 2. The van der Waals surface area contributed by atoms with Gasteiger partial charge in [0, 0.05) is 13.1 Å². The van der Waals surface area contributed by atoms with E-state index in [2.05, 4.69) is 15.4 Å². The summed E-state index contributed by atoms with van der Waals surface area (Å²) >= 11 is 6.11. The van der Waals surface area contributed by atoms with Crippen molar-refractivity contribution in [3.05, 3.63) is 23.0 Å². The SMILES string of the molecule is CN(C(=O)OC(C)(C)C)c1cc(Cl)nc2c(C(=O)N[C@H]3COC[C@H]3O)cnn12. The molecule has 10 nitrogen and oxygen atoms in total. The summed E-state index contributed by atoms with van der Waals surface area (Å²) in [4.78, 5) is 30.4. The number of rotatable bonds is 3. The van der Waals surface area contributed by atoms with Gasteiger partial charge in [0.2, 0.25) is 0 Å². The number of nitrogens with one attached hydrogen (secondary N) is 1. The van der Waals surface area contributed by atoms with Gasteiger partial charge in [-0.15, -0.1) is 0 Å². The first-order valence-corrected chi connectivity index (χ1v) is 9.02. The van der Waals surface area contributed by atoms with Gasteiger partial charge in [-0.1, -0.05) is 11.6 Å². The lowest BCUT2D eigenvalue weighted by molar-refractivity contribution is 0.0587. The van der Waals surface area contributed by atoms with E-state index in [1.807, 2.05) is 0 Å². The topological polar surface area (TPSA) is 118 Å². The Morgan fingerprint density at radius 3 is 2.75 bits per heavy atom. The van der Waals surface area contributed by atoms with E-state index < -0.39 is 29.7 Å². The van der Waals surface area contributed by atoms with Crippen molar-refractivity contribution in [1.82, 2.24) is 19.9 Å². The van der Waals surface area contributed by atoms with Crippen molar-refractivity contribution in [3.8, 4) is 0 Å². The van der Waals surface area contributed by atoms with Gasteiger partial charge >= 0.3 is 6.09 Å². The van der Waals surface area contributed by atoms with E-state index in [4.69, 9.17) is 21.1 Å². The van der Waals surface area contributed by atoms with Gasteiger partial charge in [0.05, 0.1) is 31.6 Å². The quantitative estimate of drug-likeness (QED) is 0.729. The van der Waals surface area contributed by atoms with Crippen LogP contribution >= 0.6 is 11.6 Å². The van der Waals surface area contributed by atoms with Gasteiger partial charge in [-0.25, -0.2) is 9.78 Å². The molecule has 3 rings (SSSR count). The zero-order chi connectivity index (χ0) is 20.6. The van der Waals surface area contributed by atoms with Crippen LogP contribution in [0.1, 0.15) is 31.1 Å². The molecule has 0 aromatic carbocycles. The Morgan fingerprint density at radius 2 is 2.14 bits per heavy atom. The summed E-state index contributed by atoms with van der Waals surface area (Å²) in [6.07, 6.45) is -0.0669. The zero-order valence-electron chi connectivity index (χ0n) is 16.0. The summed E-state index contributed by atoms with van der Waals surface area (Å²) in [7, 11) is 1.51. The first kappa shape index (κ1) is 20.3. The van der Waals surface area contributed by atoms with Crippen LogP contribution in [0.4, 0.5) is 10.6 Å². The molecule has 0 radical (unpaired) electrons.